The molecule has 2 amide bonds. The molecule has 162 valence electrons. The van der Waals surface area contributed by atoms with Crippen LogP contribution in [-0.2, 0) is 16.8 Å². The van der Waals surface area contributed by atoms with E-state index in [1.807, 2.05) is 31.6 Å². The molecule has 1 saturated carbocycles. The number of carbonyl (C=O) groups excluding carboxylic acids is 2. The maximum Gasteiger partial charge on any atom is 0.274 e. The molecule has 2 aromatic heterocycles. The van der Waals surface area contributed by atoms with Crippen LogP contribution in [0.2, 0.25) is 5.02 Å². The smallest absolute Gasteiger partial charge is 0.274 e. The van der Waals surface area contributed by atoms with Gasteiger partial charge in [0, 0.05) is 50.4 Å². The Kier molecular flexibility index (Phi) is 4.97. The average molecular weight is 447 g/mol. The molecule has 3 aromatic rings. The van der Waals surface area contributed by atoms with E-state index in [4.69, 9.17) is 11.6 Å². The van der Waals surface area contributed by atoms with E-state index in [0.717, 1.165) is 47.2 Å². The Balaban J connectivity index is 1.46. The molecular formula is C25H23ClN4O2. The highest BCUT2D eigenvalue weighted by molar-refractivity contribution is 6.33. The van der Waals surface area contributed by atoms with Crippen molar-refractivity contribution in [2.45, 2.75) is 31.2 Å². The first-order valence-electron chi connectivity index (χ1n) is 10.6. The number of carbonyl (C=O) groups is 2. The van der Waals surface area contributed by atoms with E-state index in [-0.39, 0.29) is 17.5 Å². The molecule has 1 fully saturated rings. The van der Waals surface area contributed by atoms with Crippen LogP contribution in [-0.4, -0.2) is 40.8 Å². The molecule has 0 atom stereocenters. The standard InChI is InChI=1S/C25H23ClN4O2/c1-29-21-7-5-16(12-17(21)6-8-22(29)31)18-13-19(15-27-14-18)25(9-10-25)30(2)24(32)23-20(26)4-3-11-28-23/h3-5,7,11-15H,6,8-10H2,1-2H3. The van der Waals surface area contributed by atoms with E-state index in [0.29, 0.717) is 11.4 Å². The number of halogens is 1. The second kappa shape index (κ2) is 7.71. The second-order valence-electron chi connectivity index (χ2n) is 8.49. The van der Waals surface area contributed by atoms with E-state index in [1.165, 1.54) is 0 Å². The SMILES string of the molecule is CN1C(=O)CCc2cc(-c3cncc(C4(N(C)C(=O)c5ncccc5Cl)CC4)c3)ccc21. The van der Waals surface area contributed by atoms with Crippen molar-refractivity contribution in [2.24, 2.45) is 0 Å². The van der Waals surface area contributed by atoms with E-state index >= 15 is 0 Å². The normalized spacial score (nSPS) is 16.5. The summed E-state index contributed by atoms with van der Waals surface area (Å²) >= 11 is 6.22. The molecule has 1 aromatic carbocycles. The molecular weight excluding hydrogens is 424 g/mol. The van der Waals surface area contributed by atoms with Gasteiger partial charge in [-0.1, -0.05) is 17.7 Å². The lowest BCUT2D eigenvalue weighted by molar-refractivity contribution is -0.118. The molecule has 7 heteroatoms. The molecule has 1 aliphatic carbocycles. The van der Waals surface area contributed by atoms with Crippen molar-refractivity contribution in [1.82, 2.24) is 14.9 Å². The van der Waals surface area contributed by atoms with Gasteiger partial charge in [-0.2, -0.15) is 0 Å². The first kappa shape index (κ1) is 20.6. The van der Waals surface area contributed by atoms with Gasteiger partial charge in [0.25, 0.3) is 5.91 Å². The van der Waals surface area contributed by atoms with Crippen LogP contribution >= 0.6 is 11.6 Å². The lowest BCUT2D eigenvalue weighted by atomic mass is 9.95. The largest absolute Gasteiger partial charge is 0.331 e. The van der Waals surface area contributed by atoms with Crippen LogP contribution in [0.1, 0.15) is 40.9 Å². The number of amides is 2. The molecule has 5 rings (SSSR count). The summed E-state index contributed by atoms with van der Waals surface area (Å²) < 4.78 is 0. The number of benzene rings is 1. The molecule has 0 N–H and O–H groups in total. The van der Waals surface area contributed by atoms with Crippen LogP contribution in [0.5, 0.6) is 0 Å². The lowest BCUT2D eigenvalue weighted by Gasteiger charge is -2.29. The van der Waals surface area contributed by atoms with Crippen LogP contribution in [0.4, 0.5) is 5.69 Å². The summed E-state index contributed by atoms with van der Waals surface area (Å²) in [6.07, 6.45) is 8.25. The number of pyridine rings is 2. The summed E-state index contributed by atoms with van der Waals surface area (Å²) in [5.74, 6) is -0.0507. The molecule has 0 spiro atoms. The van der Waals surface area contributed by atoms with E-state index in [1.54, 1.807) is 35.2 Å². The van der Waals surface area contributed by atoms with Gasteiger partial charge in [-0.15, -0.1) is 0 Å². The van der Waals surface area contributed by atoms with Crippen LogP contribution in [0.25, 0.3) is 11.1 Å². The molecule has 3 heterocycles. The van der Waals surface area contributed by atoms with E-state index in [2.05, 4.69) is 22.1 Å². The Morgan fingerprint density at radius 3 is 2.69 bits per heavy atom. The van der Waals surface area contributed by atoms with Crippen molar-refractivity contribution in [3.8, 4) is 11.1 Å². The van der Waals surface area contributed by atoms with E-state index < -0.39 is 5.54 Å². The van der Waals surface area contributed by atoms with Crippen molar-refractivity contribution in [2.75, 3.05) is 19.0 Å². The van der Waals surface area contributed by atoms with Crippen LogP contribution in [0.3, 0.4) is 0 Å². The van der Waals surface area contributed by atoms with E-state index in [9.17, 15) is 9.59 Å². The number of hydrogen-bond acceptors (Lipinski definition) is 4. The molecule has 0 bridgehead atoms. The molecule has 0 saturated heterocycles. The second-order valence-corrected chi connectivity index (χ2v) is 8.90. The van der Waals surface area contributed by atoms with Gasteiger partial charge in [-0.25, -0.2) is 4.98 Å². The molecule has 32 heavy (non-hydrogen) atoms. The zero-order valence-corrected chi connectivity index (χ0v) is 18.8. The van der Waals surface area contributed by atoms with Gasteiger partial charge in [0.1, 0.15) is 5.69 Å². The van der Waals surface area contributed by atoms with Crippen LogP contribution in [0, 0.1) is 0 Å². The Morgan fingerprint density at radius 2 is 1.94 bits per heavy atom. The number of aromatic nitrogens is 2. The van der Waals surface area contributed by atoms with Gasteiger partial charge >= 0.3 is 0 Å². The fourth-order valence-corrected chi connectivity index (χ4v) is 4.72. The molecule has 0 unspecified atom stereocenters. The molecule has 2 aliphatic rings. The maximum atomic E-state index is 13.1. The maximum absolute atomic E-state index is 13.1. The van der Waals surface area contributed by atoms with Crippen molar-refractivity contribution in [3.05, 3.63) is 76.8 Å². The average Bonchev–Trinajstić information content (AvgIpc) is 3.63. The number of nitrogens with zero attached hydrogens (tertiary/aromatic N) is 4. The third-order valence-electron chi connectivity index (χ3n) is 6.66. The number of hydrogen-bond donors (Lipinski definition) is 0. The highest BCUT2D eigenvalue weighted by Gasteiger charge is 2.50. The van der Waals surface area contributed by atoms with Crippen molar-refractivity contribution >= 4 is 29.1 Å². The first-order chi connectivity index (χ1) is 15.4. The fourth-order valence-electron chi connectivity index (χ4n) is 4.52. The van der Waals surface area contributed by atoms with Gasteiger partial charge in [0.05, 0.1) is 10.6 Å². The van der Waals surface area contributed by atoms with Crippen molar-refractivity contribution in [3.63, 3.8) is 0 Å². The Labute approximate surface area is 191 Å². The first-order valence-corrected chi connectivity index (χ1v) is 11.0. The monoisotopic (exact) mass is 446 g/mol. The van der Waals surface area contributed by atoms with Crippen molar-refractivity contribution in [1.29, 1.82) is 0 Å². The number of anilines is 1. The van der Waals surface area contributed by atoms with Gasteiger partial charge in [0.15, 0.2) is 0 Å². The van der Waals surface area contributed by atoms with Gasteiger partial charge in [0.2, 0.25) is 5.91 Å². The predicted molar refractivity (Wildman–Crippen MR) is 124 cm³/mol. The third-order valence-corrected chi connectivity index (χ3v) is 6.97. The van der Waals surface area contributed by atoms with Gasteiger partial charge in [-0.05, 0) is 66.3 Å². The van der Waals surface area contributed by atoms with Crippen LogP contribution in [0.15, 0.2) is 55.0 Å². The highest BCUT2D eigenvalue weighted by atomic mass is 35.5. The summed E-state index contributed by atoms with van der Waals surface area (Å²) in [6, 6.07) is 11.7. The summed E-state index contributed by atoms with van der Waals surface area (Å²) in [7, 11) is 3.62. The van der Waals surface area contributed by atoms with Crippen LogP contribution < -0.4 is 4.90 Å². The minimum absolute atomic E-state index is 0.144. The predicted octanol–water partition coefficient (Wildman–Crippen LogP) is 4.47. The topological polar surface area (TPSA) is 66.4 Å². The number of fused-ring (bicyclic) bond motifs is 1. The molecule has 1 aliphatic heterocycles. The Morgan fingerprint density at radius 1 is 1.12 bits per heavy atom. The number of aryl methyl sites for hydroxylation is 1. The Hall–Kier alpha value is -3.25. The zero-order chi connectivity index (χ0) is 22.5. The lowest BCUT2D eigenvalue weighted by Crippen LogP contribution is -2.37. The summed E-state index contributed by atoms with van der Waals surface area (Å²) in [4.78, 5) is 37.3. The zero-order valence-electron chi connectivity index (χ0n) is 18.0. The number of rotatable bonds is 4. The third kappa shape index (κ3) is 3.35. The highest BCUT2D eigenvalue weighted by Crippen LogP contribution is 2.51. The minimum atomic E-state index is -0.401. The molecule has 6 nitrogen and oxygen atoms in total. The van der Waals surface area contributed by atoms with Crippen molar-refractivity contribution < 1.29 is 9.59 Å². The Bertz CT molecular complexity index is 1240. The fraction of sp³-hybridized carbons (Fsp3) is 0.280. The van der Waals surface area contributed by atoms with Gasteiger partial charge < -0.3 is 9.80 Å². The molecule has 0 radical (unpaired) electrons. The quantitative estimate of drug-likeness (QED) is 0.593. The summed E-state index contributed by atoms with van der Waals surface area (Å²) in [5, 5.41) is 0.351. The van der Waals surface area contributed by atoms with Gasteiger partial charge in [-0.3, -0.25) is 14.6 Å². The summed E-state index contributed by atoms with van der Waals surface area (Å²) in [6.45, 7) is 0. The minimum Gasteiger partial charge on any atom is -0.331 e. The summed E-state index contributed by atoms with van der Waals surface area (Å²) in [5.41, 5.74) is 5.04.